The van der Waals surface area contributed by atoms with Crippen LogP contribution in [0.2, 0.25) is 0 Å². The minimum absolute atomic E-state index is 0.118. The zero-order chi connectivity index (χ0) is 21.3. The molecule has 0 unspecified atom stereocenters. The smallest absolute Gasteiger partial charge is 0.273 e. The van der Waals surface area contributed by atoms with Gasteiger partial charge in [-0.15, -0.1) is 0 Å². The van der Waals surface area contributed by atoms with Crippen LogP contribution in [0.3, 0.4) is 0 Å². The summed E-state index contributed by atoms with van der Waals surface area (Å²) in [6, 6.07) is 3.79. The summed E-state index contributed by atoms with van der Waals surface area (Å²) in [5.74, 6) is 0.516. The molecule has 2 fully saturated rings. The lowest BCUT2D eigenvalue weighted by Gasteiger charge is -2.31. The molecule has 10 heteroatoms. The molecule has 2 aliphatic rings. The Labute approximate surface area is 176 Å². The predicted molar refractivity (Wildman–Crippen MR) is 114 cm³/mol. The number of hydrogen-bond acceptors (Lipinski definition) is 7. The Morgan fingerprint density at radius 3 is 2.50 bits per heavy atom. The maximum Gasteiger partial charge on any atom is 0.273 e. The van der Waals surface area contributed by atoms with Crippen molar-refractivity contribution < 1.29 is 18.3 Å². The number of aliphatic hydroxyl groups is 1. The molecule has 2 aliphatic heterocycles. The molecule has 0 aromatic carbocycles. The highest BCUT2D eigenvalue weighted by atomic mass is 32.2. The SMILES string of the molecule is CS(=O)(=O)N1CCC(Nc2cc3c(C(=O)N4CCC(O)CC4)nccc3cn2)CC1. The molecule has 0 spiro atoms. The molecule has 0 bridgehead atoms. The maximum absolute atomic E-state index is 13.0. The summed E-state index contributed by atoms with van der Waals surface area (Å²) in [4.78, 5) is 23.6. The van der Waals surface area contributed by atoms with Gasteiger partial charge in [-0.25, -0.2) is 17.7 Å². The summed E-state index contributed by atoms with van der Waals surface area (Å²) >= 11 is 0. The van der Waals surface area contributed by atoms with Crippen LogP contribution in [0.5, 0.6) is 0 Å². The van der Waals surface area contributed by atoms with E-state index in [2.05, 4.69) is 15.3 Å². The van der Waals surface area contributed by atoms with Crippen LogP contribution >= 0.6 is 0 Å². The second-order valence-electron chi connectivity index (χ2n) is 8.05. The molecule has 2 aromatic heterocycles. The molecular weight excluding hydrogens is 406 g/mol. The molecule has 2 aromatic rings. The number of carbonyl (C=O) groups excluding carboxylic acids is 1. The van der Waals surface area contributed by atoms with Crippen LogP contribution in [0.25, 0.3) is 10.8 Å². The fraction of sp³-hybridized carbons (Fsp3) is 0.550. The Balaban J connectivity index is 1.51. The van der Waals surface area contributed by atoms with Crippen molar-refractivity contribution in [1.29, 1.82) is 0 Å². The Bertz CT molecular complexity index is 1030. The van der Waals surface area contributed by atoms with Gasteiger partial charge in [-0.3, -0.25) is 9.78 Å². The first-order valence-electron chi connectivity index (χ1n) is 10.2. The first kappa shape index (κ1) is 21.0. The number of nitrogens with zero attached hydrogens (tertiary/aromatic N) is 4. The first-order chi connectivity index (χ1) is 14.3. The van der Waals surface area contributed by atoms with Gasteiger partial charge in [0.1, 0.15) is 11.5 Å². The lowest BCUT2D eigenvalue weighted by molar-refractivity contribution is 0.0543. The van der Waals surface area contributed by atoms with Crippen molar-refractivity contribution in [2.45, 2.75) is 37.8 Å². The predicted octanol–water partition coefficient (Wildman–Crippen LogP) is 1.06. The first-order valence-corrected chi connectivity index (χ1v) is 12.1. The van der Waals surface area contributed by atoms with Crippen molar-refractivity contribution in [3.8, 4) is 0 Å². The number of likely N-dealkylation sites (tertiary alicyclic amines) is 1. The van der Waals surface area contributed by atoms with E-state index in [1.165, 1.54) is 10.6 Å². The van der Waals surface area contributed by atoms with E-state index in [-0.39, 0.29) is 18.1 Å². The van der Waals surface area contributed by atoms with E-state index in [9.17, 15) is 18.3 Å². The van der Waals surface area contributed by atoms with E-state index in [0.717, 1.165) is 10.8 Å². The summed E-state index contributed by atoms with van der Waals surface area (Å²) in [6.45, 7) is 2.01. The van der Waals surface area contributed by atoms with Gasteiger partial charge in [-0.2, -0.15) is 0 Å². The minimum atomic E-state index is -3.16. The molecule has 9 nitrogen and oxygen atoms in total. The van der Waals surface area contributed by atoms with Gasteiger partial charge < -0.3 is 15.3 Å². The number of pyridine rings is 2. The highest BCUT2D eigenvalue weighted by molar-refractivity contribution is 7.88. The fourth-order valence-corrected chi connectivity index (χ4v) is 4.95. The second-order valence-corrected chi connectivity index (χ2v) is 10.0. The number of hydrogen-bond donors (Lipinski definition) is 2. The average Bonchev–Trinajstić information content (AvgIpc) is 2.73. The molecule has 162 valence electrons. The van der Waals surface area contributed by atoms with Crippen LogP contribution in [0.1, 0.15) is 36.2 Å². The summed E-state index contributed by atoms with van der Waals surface area (Å²) in [7, 11) is -3.16. The Morgan fingerprint density at radius 2 is 1.83 bits per heavy atom. The zero-order valence-electron chi connectivity index (χ0n) is 17.0. The number of anilines is 1. The Kier molecular flexibility index (Phi) is 5.90. The molecule has 0 radical (unpaired) electrons. The summed E-state index contributed by atoms with van der Waals surface area (Å²) in [5, 5.41) is 14.6. The quantitative estimate of drug-likeness (QED) is 0.741. The fourth-order valence-electron chi connectivity index (χ4n) is 4.07. The maximum atomic E-state index is 13.0. The summed E-state index contributed by atoms with van der Waals surface area (Å²) < 4.78 is 24.9. The van der Waals surface area contributed by atoms with Crippen molar-refractivity contribution in [3.63, 3.8) is 0 Å². The number of carbonyl (C=O) groups is 1. The monoisotopic (exact) mass is 433 g/mol. The van der Waals surface area contributed by atoms with Crippen LogP contribution in [0.4, 0.5) is 5.82 Å². The standard InChI is InChI=1S/C20H27N5O4S/c1-30(28,29)25-10-3-15(4-11-25)23-18-12-17-14(13-22-18)2-7-21-19(17)20(27)24-8-5-16(26)6-9-24/h2,7,12-13,15-16,26H,3-6,8-11H2,1H3,(H,22,23). The molecular formula is C20H27N5O4S. The molecule has 0 saturated carbocycles. The highest BCUT2D eigenvalue weighted by Gasteiger charge is 2.26. The van der Waals surface area contributed by atoms with Gasteiger partial charge in [-0.1, -0.05) is 0 Å². The van der Waals surface area contributed by atoms with Crippen LogP contribution in [-0.4, -0.2) is 83.2 Å². The summed E-state index contributed by atoms with van der Waals surface area (Å²) in [6.07, 6.45) is 6.78. The minimum Gasteiger partial charge on any atom is -0.393 e. The van der Waals surface area contributed by atoms with Gasteiger partial charge in [-0.05, 0) is 37.8 Å². The van der Waals surface area contributed by atoms with E-state index < -0.39 is 10.0 Å². The van der Waals surface area contributed by atoms with Gasteiger partial charge in [0.15, 0.2) is 0 Å². The number of rotatable bonds is 4. The van der Waals surface area contributed by atoms with Gasteiger partial charge in [0, 0.05) is 55.4 Å². The largest absolute Gasteiger partial charge is 0.393 e. The van der Waals surface area contributed by atoms with Crippen LogP contribution in [0, 0.1) is 0 Å². The van der Waals surface area contributed by atoms with Crippen molar-refractivity contribution >= 4 is 32.5 Å². The molecule has 4 rings (SSSR count). The van der Waals surface area contributed by atoms with E-state index in [1.807, 2.05) is 12.1 Å². The van der Waals surface area contributed by atoms with Crippen molar-refractivity contribution in [2.75, 3.05) is 37.8 Å². The zero-order valence-corrected chi connectivity index (χ0v) is 17.8. The lowest BCUT2D eigenvalue weighted by atomic mass is 10.1. The Hall–Kier alpha value is -2.30. The van der Waals surface area contributed by atoms with Crippen molar-refractivity contribution in [1.82, 2.24) is 19.2 Å². The van der Waals surface area contributed by atoms with E-state index in [0.29, 0.717) is 63.4 Å². The second kappa shape index (κ2) is 8.44. The molecule has 2 N–H and O–H groups in total. The van der Waals surface area contributed by atoms with Gasteiger partial charge in [0.05, 0.1) is 12.4 Å². The number of aliphatic hydroxyl groups excluding tert-OH is 1. The number of nitrogens with one attached hydrogen (secondary N) is 1. The summed E-state index contributed by atoms with van der Waals surface area (Å²) in [5.41, 5.74) is 0.390. The number of piperidine rings is 2. The lowest BCUT2D eigenvalue weighted by Crippen LogP contribution is -2.41. The third kappa shape index (κ3) is 4.55. The molecule has 30 heavy (non-hydrogen) atoms. The third-order valence-corrected chi connectivity index (χ3v) is 7.18. The Morgan fingerprint density at radius 1 is 1.13 bits per heavy atom. The number of sulfonamides is 1. The third-order valence-electron chi connectivity index (χ3n) is 5.88. The van der Waals surface area contributed by atoms with Crippen LogP contribution < -0.4 is 5.32 Å². The number of fused-ring (bicyclic) bond motifs is 1. The normalized spacial score (nSPS) is 19.9. The number of amides is 1. The van der Waals surface area contributed by atoms with E-state index in [1.54, 1.807) is 17.3 Å². The molecule has 1 amide bonds. The average molecular weight is 434 g/mol. The van der Waals surface area contributed by atoms with Crippen molar-refractivity contribution in [3.05, 3.63) is 30.2 Å². The highest BCUT2D eigenvalue weighted by Crippen LogP contribution is 2.24. The van der Waals surface area contributed by atoms with Gasteiger partial charge >= 0.3 is 0 Å². The molecule has 0 aliphatic carbocycles. The molecule has 4 heterocycles. The van der Waals surface area contributed by atoms with E-state index in [4.69, 9.17) is 0 Å². The molecule has 0 atom stereocenters. The number of aromatic nitrogens is 2. The molecule has 2 saturated heterocycles. The van der Waals surface area contributed by atoms with Gasteiger partial charge in [0.25, 0.3) is 5.91 Å². The van der Waals surface area contributed by atoms with Gasteiger partial charge in [0.2, 0.25) is 10.0 Å². The van der Waals surface area contributed by atoms with Crippen LogP contribution in [-0.2, 0) is 10.0 Å². The van der Waals surface area contributed by atoms with Crippen molar-refractivity contribution in [2.24, 2.45) is 0 Å². The van der Waals surface area contributed by atoms with E-state index >= 15 is 0 Å². The topological polar surface area (TPSA) is 116 Å². The van der Waals surface area contributed by atoms with Crippen LogP contribution in [0.15, 0.2) is 24.5 Å².